The minimum absolute atomic E-state index is 0.0517. The lowest BCUT2D eigenvalue weighted by Gasteiger charge is -2.28. The number of carbonyl (C=O) groups is 1. The Kier molecular flexibility index (Phi) is 3.61. The van der Waals surface area contributed by atoms with E-state index in [1.807, 2.05) is 0 Å². The zero-order chi connectivity index (χ0) is 14.1. The molecule has 2 unspecified atom stereocenters. The lowest BCUT2D eigenvalue weighted by molar-refractivity contribution is -0.136. The van der Waals surface area contributed by atoms with Crippen LogP contribution in [-0.4, -0.2) is 42.2 Å². The van der Waals surface area contributed by atoms with Crippen LogP contribution >= 0.6 is 0 Å². The number of aliphatic hydroxyl groups is 1. The van der Waals surface area contributed by atoms with Gasteiger partial charge in [0.2, 0.25) is 5.91 Å². The topological polar surface area (TPSA) is 49.8 Å². The third-order valence-electron chi connectivity index (χ3n) is 4.13. The largest absolute Gasteiger partial charge is 0.492 e. The molecule has 0 aromatic heterocycles. The first-order valence-corrected chi connectivity index (χ1v) is 6.98. The van der Waals surface area contributed by atoms with Gasteiger partial charge in [-0.2, -0.15) is 0 Å². The van der Waals surface area contributed by atoms with Crippen LogP contribution in [0.25, 0.3) is 0 Å². The van der Waals surface area contributed by atoms with Crippen molar-refractivity contribution >= 4 is 5.91 Å². The maximum absolute atomic E-state index is 13.2. The van der Waals surface area contributed by atoms with Crippen molar-refractivity contribution in [2.24, 2.45) is 11.8 Å². The van der Waals surface area contributed by atoms with Gasteiger partial charge in [-0.3, -0.25) is 4.79 Å². The van der Waals surface area contributed by atoms with Crippen LogP contribution in [0, 0.1) is 17.7 Å². The Hall–Kier alpha value is -1.62. The highest BCUT2D eigenvalue weighted by molar-refractivity contribution is 5.80. The summed E-state index contributed by atoms with van der Waals surface area (Å²) in [4.78, 5) is 14.2. The summed E-state index contributed by atoms with van der Waals surface area (Å²) in [7, 11) is 0. The lowest BCUT2D eigenvalue weighted by Crippen LogP contribution is -2.39. The molecular formula is C15H18FNO3. The maximum atomic E-state index is 13.2. The first kappa shape index (κ1) is 13.4. The van der Waals surface area contributed by atoms with Crippen LogP contribution in [0.1, 0.15) is 12.0 Å². The van der Waals surface area contributed by atoms with Crippen molar-refractivity contribution in [1.29, 1.82) is 0 Å². The summed E-state index contributed by atoms with van der Waals surface area (Å²) in [6.45, 7) is 1.77. The number of halogens is 1. The van der Waals surface area contributed by atoms with E-state index in [1.165, 1.54) is 12.1 Å². The van der Waals surface area contributed by atoms with E-state index in [1.54, 1.807) is 11.0 Å². The molecule has 0 aliphatic carbocycles. The number of fused-ring (bicyclic) bond motifs is 1. The molecule has 1 aromatic carbocycles. The van der Waals surface area contributed by atoms with Crippen molar-refractivity contribution in [1.82, 2.24) is 4.90 Å². The highest BCUT2D eigenvalue weighted by Gasteiger charge is 2.33. The zero-order valence-corrected chi connectivity index (χ0v) is 11.2. The third-order valence-corrected chi connectivity index (χ3v) is 4.13. The first-order chi connectivity index (χ1) is 9.67. The Bertz CT molecular complexity index is 520. The molecule has 20 heavy (non-hydrogen) atoms. The summed E-state index contributed by atoms with van der Waals surface area (Å²) in [6.07, 6.45) is 1.37. The number of carbonyl (C=O) groups excluding carboxylic acids is 1. The van der Waals surface area contributed by atoms with Gasteiger partial charge in [-0.1, -0.05) is 0 Å². The highest BCUT2D eigenvalue weighted by atomic mass is 19.1. The number of aliphatic hydroxyl groups excluding tert-OH is 1. The van der Waals surface area contributed by atoms with E-state index in [0.29, 0.717) is 31.9 Å². The van der Waals surface area contributed by atoms with E-state index < -0.39 is 0 Å². The molecular weight excluding hydrogens is 261 g/mol. The van der Waals surface area contributed by atoms with Gasteiger partial charge in [0.1, 0.15) is 18.2 Å². The van der Waals surface area contributed by atoms with Gasteiger partial charge in [-0.15, -0.1) is 0 Å². The fourth-order valence-corrected chi connectivity index (χ4v) is 2.96. The van der Waals surface area contributed by atoms with Crippen LogP contribution in [0.3, 0.4) is 0 Å². The summed E-state index contributed by atoms with van der Waals surface area (Å²) >= 11 is 0. The van der Waals surface area contributed by atoms with E-state index >= 15 is 0 Å². The third kappa shape index (κ3) is 2.50. The number of hydrogen-bond donors (Lipinski definition) is 1. The Balaban J connectivity index is 1.69. The van der Waals surface area contributed by atoms with Gasteiger partial charge in [-0.05, 0) is 36.6 Å². The minimum Gasteiger partial charge on any atom is -0.492 e. The Morgan fingerprint density at radius 1 is 1.50 bits per heavy atom. The molecule has 0 radical (unpaired) electrons. The van der Waals surface area contributed by atoms with E-state index in [2.05, 4.69) is 0 Å². The fourth-order valence-electron chi connectivity index (χ4n) is 2.96. The van der Waals surface area contributed by atoms with Crippen molar-refractivity contribution in [2.75, 3.05) is 26.3 Å². The summed E-state index contributed by atoms with van der Waals surface area (Å²) < 4.78 is 18.8. The molecule has 2 aliphatic heterocycles. The monoisotopic (exact) mass is 279 g/mol. The molecule has 108 valence electrons. The van der Waals surface area contributed by atoms with Gasteiger partial charge < -0.3 is 14.7 Å². The van der Waals surface area contributed by atoms with E-state index in [4.69, 9.17) is 9.84 Å². The second kappa shape index (κ2) is 5.40. The van der Waals surface area contributed by atoms with Gasteiger partial charge in [0.25, 0.3) is 0 Å². The van der Waals surface area contributed by atoms with Crippen LogP contribution in [0.5, 0.6) is 5.75 Å². The molecule has 0 saturated carbocycles. The standard InChI is InChI=1S/C15H18FNO3/c16-13-1-2-14-11(6-13)5-12(9-20-14)15(19)17-4-3-10(7-17)8-18/h1-2,6,10,12,18H,3-5,7-9H2. The first-order valence-electron chi connectivity index (χ1n) is 6.98. The second-order valence-corrected chi connectivity index (χ2v) is 5.59. The zero-order valence-electron chi connectivity index (χ0n) is 11.2. The van der Waals surface area contributed by atoms with Gasteiger partial charge in [0, 0.05) is 25.6 Å². The molecule has 0 spiro atoms. The van der Waals surface area contributed by atoms with Crippen LogP contribution in [0.15, 0.2) is 18.2 Å². The molecule has 1 amide bonds. The second-order valence-electron chi connectivity index (χ2n) is 5.59. The molecule has 0 bridgehead atoms. The quantitative estimate of drug-likeness (QED) is 0.885. The molecule has 1 fully saturated rings. The smallest absolute Gasteiger partial charge is 0.229 e. The van der Waals surface area contributed by atoms with Gasteiger partial charge in [0.15, 0.2) is 0 Å². The van der Waals surface area contributed by atoms with Gasteiger partial charge >= 0.3 is 0 Å². The van der Waals surface area contributed by atoms with E-state index in [-0.39, 0.29) is 30.2 Å². The van der Waals surface area contributed by atoms with Crippen LogP contribution in [-0.2, 0) is 11.2 Å². The molecule has 5 heteroatoms. The SMILES string of the molecule is O=C(C1COc2ccc(F)cc2C1)N1CCC(CO)C1. The summed E-state index contributed by atoms with van der Waals surface area (Å²) in [5.41, 5.74) is 0.757. The number of ether oxygens (including phenoxy) is 1. The predicted octanol–water partition coefficient (Wildman–Crippen LogP) is 1.22. The highest BCUT2D eigenvalue weighted by Crippen LogP contribution is 2.29. The lowest BCUT2D eigenvalue weighted by atomic mass is 9.95. The van der Waals surface area contributed by atoms with Gasteiger partial charge in [0.05, 0.1) is 5.92 Å². The van der Waals surface area contributed by atoms with Crippen molar-refractivity contribution < 1.29 is 19.0 Å². The van der Waals surface area contributed by atoms with Gasteiger partial charge in [-0.25, -0.2) is 4.39 Å². The number of amides is 1. The summed E-state index contributed by atoms with van der Waals surface area (Å²) in [5, 5.41) is 9.13. The van der Waals surface area contributed by atoms with Crippen molar-refractivity contribution in [3.05, 3.63) is 29.6 Å². The average molecular weight is 279 g/mol. The Labute approximate surface area is 117 Å². The van der Waals surface area contributed by atoms with E-state index in [0.717, 1.165) is 12.0 Å². The molecule has 2 aliphatic rings. The average Bonchev–Trinajstić information content (AvgIpc) is 2.94. The normalized spacial score (nSPS) is 25.2. The van der Waals surface area contributed by atoms with E-state index in [9.17, 15) is 9.18 Å². The Morgan fingerprint density at radius 3 is 3.10 bits per heavy atom. The Morgan fingerprint density at radius 2 is 2.35 bits per heavy atom. The van der Waals surface area contributed by atoms with Crippen molar-refractivity contribution in [3.8, 4) is 5.75 Å². The number of hydrogen-bond acceptors (Lipinski definition) is 3. The van der Waals surface area contributed by atoms with Crippen molar-refractivity contribution in [2.45, 2.75) is 12.8 Å². The molecule has 1 N–H and O–H groups in total. The molecule has 1 aromatic rings. The molecule has 2 atom stereocenters. The molecule has 1 saturated heterocycles. The molecule has 2 heterocycles. The number of likely N-dealkylation sites (tertiary alicyclic amines) is 1. The van der Waals surface area contributed by atoms with Crippen molar-refractivity contribution in [3.63, 3.8) is 0 Å². The van der Waals surface area contributed by atoms with Crippen LogP contribution in [0.4, 0.5) is 4.39 Å². The molecule has 4 nitrogen and oxygen atoms in total. The van der Waals surface area contributed by atoms with Crippen LogP contribution < -0.4 is 4.74 Å². The van der Waals surface area contributed by atoms with Crippen LogP contribution in [0.2, 0.25) is 0 Å². The number of benzene rings is 1. The minimum atomic E-state index is -0.304. The maximum Gasteiger partial charge on any atom is 0.229 e. The number of rotatable bonds is 2. The number of nitrogens with zero attached hydrogens (tertiary/aromatic N) is 1. The summed E-state index contributed by atoms with van der Waals surface area (Å²) in [5.74, 6) is 0.359. The molecule has 3 rings (SSSR count). The predicted molar refractivity (Wildman–Crippen MR) is 70.9 cm³/mol. The summed E-state index contributed by atoms with van der Waals surface area (Å²) in [6, 6.07) is 4.42. The fraction of sp³-hybridized carbons (Fsp3) is 0.533.